The van der Waals surface area contributed by atoms with Gasteiger partial charge in [-0.2, -0.15) is 0 Å². The highest BCUT2D eigenvalue weighted by molar-refractivity contribution is 5.76. The van der Waals surface area contributed by atoms with Crippen molar-refractivity contribution in [3.05, 3.63) is 0 Å². The Labute approximate surface area is 61.5 Å². The number of likely N-dealkylation sites (tertiary alicyclic amines) is 1. The van der Waals surface area contributed by atoms with E-state index < -0.39 is 0 Å². The summed E-state index contributed by atoms with van der Waals surface area (Å²) < 4.78 is 5.15. The lowest BCUT2D eigenvalue weighted by atomic mass is 10.3. The van der Waals surface area contributed by atoms with E-state index in [-0.39, 0.29) is 0 Å². The van der Waals surface area contributed by atoms with Gasteiger partial charge in [0.2, 0.25) is 0 Å². The molecule has 0 aliphatic carbocycles. The minimum Gasteiger partial charge on any atom is -0.380 e. The number of hydrogen-bond donors (Lipinski definition) is 1. The molecule has 0 amide bonds. The normalized spacial score (nSPS) is 25.4. The van der Waals surface area contributed by atoms with Crippen molar-refractivity contribution < 1.29 is 4.74 Å². The maximum atomic E-state index is 7.33. The van der Waals surface area contributed by atoms with Gasteiger partial charge >= 0.3 is 0 Å². The third-order valence-corrected chi connectivity index (χ3v) is 1.95. The van der Waals surface area contributed by atoms with E-state index in [1.165, 1.54) is 0 Å². The average molecular weight is 142 g/mol. The van der Waals surface area contributed by atoms with Crippen molar-refractivity contribution in [1.82, 2.24) is 4.90 Å². The Bertz CT molecular complexity index is 136. The Morgan fingerprint density at radius 2 is 2.40 bits per heavy atom. The number of nitrogens with zero attached hydrogens (tertiary/aromatic N) is 1. The summed E-state index contributed by atoms with van der Waals surface area (Å²) in [5, 5.41) is 7.33. The number of nitrogens with one attached hydrogen (secondary N) is 1. The van der Waals surface area contributed by atoms with Gasteiger partial charge in [0.05, 0.1) is 11.9 Å². The zero-order chi connectivity index (χ0) is 7.56. The summed E-state index contributed by atoms with van der Waals surface area (Å²) >= 11 is 0. The largest absolute Gasteiger partial charge is 0.380 e. The molecule has 0 saturated carbocycles. The summed E-state index contributed by atoms with van der Waals surface area (Å²) in [6, 6.07) is 0. The maximum Gasteiger partial charge on any atom is 0.0926 e. The first kappa shape index (κ1) is 7.54. The van der Waals surface area contributed by atoms with Crippen LogP contribution in [0.1, 0.15) is 13.3 Å². The Balaban J connectivity index is 2.35. The molecule has 3 nitrogen and oxygen atoms in total. The molecule has 0 aromatic heterocycles. The molecule has 0 unspecified atom stereocenters. The molecule has 0 aromatic rings. The molecule has 1 rings (SSSR count). The van der Waals surface area contributed by atoms with E-state index in [9.17, 15) is 0 Å². The Morgan fingerprint density at radius 1 is 1.70 bits per heavy atom. The smallest absolute Gasteiger partial charge is 0.0926 e. The molecule has 3 heteroatoms. The van der Waals surface area contributed by atoms with Crippen LogP contribution < -0.4 is 0 Å². The molecular weight excluding hydrogens is 128 g/mol. The molecule has 1 fully saturated rings. The second kappa shape index (κ2) is 3.01. The maximum absolute atomic E-state index is 7.33. The first-order valence-electron chi connectivity index (χ1n) is 3.57. The molecule has 0 bridgehead atoms. The van der Waals surface area contributed by atoms with Crippen molar-refractivity contribution in [2.45, 2.75) is 19.4 Å². The van der Waals surface area contributed by atoms with Crippen molar-refractivity contribution in [2.75, 3.05) is 20.2 Å². The van der Waals surface area contributed by atoms with Crippen molar-refractivity contribution in [3.63, 3.8) is 0 Å². The SMILES string of the molecule is CO[C@H]1CCN(C(C)=N)C1. The number of rotatable bonds is 1. The second-order valence-electron chi connectivity index (χ2n) is 2.68. The monoisotopic (exact) mass is 142 g/mol. The van der Waals surface area contributed by atoms with Gasteiger partial charge in [0, 0.05) is 20.2 Å². The molecule has 1 atom stereocenters. The molecular formula is C7H14N2O. The molecule has 1 saturated heterocycles. The van der Waals surface area contributed by atoms with Crippen molar-refractivity contribution >= 4 is 5.84 Å². The predicted molar refractivity (Wildman–Crippen MR) is 40.4 cm³/mol. The van der Waals surface area contributed by atoms with Crippen LogP contribution in [0.4, 0.5) is 0 Å². The third-order valence-electron chi connectivity index (χ3n) is 1.95. The zero-order valence-electron chi connectivity index (χ0n) is 6.55. The fourth-order valence-corrected chi connectivity index (χ4v) is 1.23. The Kier molecular flexibility index (Phi) is 2.27. The lowest BCUT2D eigenvalue weighted by Gasteiger charge is -2.15. The highest BCUT2D eigenvalue weighted by atomic mass is 16.5. The van der Waals surface area contributed by atoms with Gasteiger partial charge in [-0.3, -0.25) is 5.41 Å². The average Bonchev–Trinajstić information content (AvgIpc) is 2.34. The molecule has 58 valence electrons. The summed E-state index contributed by atoms with van der Waals surface area (Å²) in [6.07, 6.45) is 1.41. The van der Waals surface area contributed by atoms with Crippen LogP contribution in [0.3, 0.4) is 0 Å². The lowest BCUT2D eigenvalue weighted by Crippen LogP contribution is -2.26. The lowest BCUT2D eigenvalue weighted by molar-refractivity contribution is 0.114. The second-order valence-corrected chi connectivity index (χ2v) is 2.68. The van der Waals surface area contributed by atoms with E-state index in [1.54, 1.807) is 7.11 Å². The summed E-state index contributed by atoms with van der Waals surface area (Å²) in [5.74, 6) is 0.652. The minimum atomic E-state index is 0.347. The van der Waals surface area contributed by atoms with Crippen LogP contribution in [0, 0.1) is 5.41 Å². The number of methoxy groups -OCH3 is 1. The molecule has 1 heterocycles. The van der Waals surface area contributed by atoms with Crippen LogP contribution in [0.15, 0.2) is 0 Å². The van der Waals surface area contributed by atoms with Gasteiger partial charge in [-0.25, -0.2) is 0 Å². The molecule has 1 N–H and O–H groups in total. The minimum absolute atomic E-state index is 0.347. The van der Waals surface area contributed by atoms with Gasteiger partial charge in [0.15, 0.2) is 0 Å². The van der Waals surface area contributed by atoms with Crippen LogP contribution in [-0.4, -0.2) is 37.0 Å². The van der Waals surface area contributed by atoms with Gasteiger partial charge in [0.1, 0.15) is 0 Å². The zero-order valence-corrected chi connectivity index (χ0v) is 6.55. The highest BCUT2D eigenvalue weighted by Gasteiger charge is 2.21. The summed E-state index contributed by atoms with van der Waals surface area (Å²) in [5.41, 5.74) is 0. The van der Waals surface area contributed by atoms with Gasteiger partial charge < -0.3 is 9.64 Å². The molecule has 1 aliphatic heterocycles. The quantitative estimate of drug-likeness (QED) is 0.432. The predicted octanol–water partition coefficient (Wildman–Crippen LogP) is 0.704. The molecule has 10 heavy (non-hydrogen) atoms. The van der Waals surface area contributed by atoms with Gasteiger partial charge in [-0.1, -0.05) is 0 Å². The number of ether oxygens (including phenoxy) is 1. The van der Waals surface area contributed by atoms with Gasteiger partial charge in [-0.15, -0.1) is 0 Å². The number of amidine groups is 1. The first-order valence-corrected chi connectivity index (χ1v) is 3.57. The third kappa shape index (κ3) is 1.48. The molecule has 0 spiro atoms. The van der Waals surface area contributed by atoms with Crippen LogP contribution in [0.25, 0.3) is 0 Å². The van der Waals surface area contributed by atoms with Crippen LogP contribution in [0.2, 0.25) is 0 Å². The van der Waals surface area contributed by atoms with Crippen molar-refractivity contribution in [2.24, 2.45) is 0 Å². The van der Waals surface area contributed by atoms with Gasteiger partial charge in [-0.05, 0) is 13.3 Å². The number of hydrogen-bond acceptors (Lipinski definition) is 2. The topological polar surface area (TPSA) is 36.3 Å². The highest BCUT2D eigenvalue weighted by Crippen LogP contribution is 2.11. The van der Waals surface area contributed by atoms with Crippen molar-refractivity contribution in [1.29, 1.82) is 5.41 Å². The van der Waals surface area contributed by atoms with E-state index in [4.69, 9.17) is 10.1 Å². The van der Waals surface area contributed by atoms with Crippen LogP contribution in [-0.2, 0) is 4.74 Å². The van der Waals surface area contributed by atoms with E-state index in [0.717, 1.165) is 19.5 Å². The standard InChI is InChI=1S/C7H14N2O/c1-6(8)9-4-3-7(5-9)10-2/h7-8H,3-5H2,1-2H3/t7-/m0/s1. The van der Waals surface area contributed by atoms with Gasteiger partial charge in [0.25, 0.3) is 0 Å². The van der Waals surface area contributed by atoms with E-state index in [1.807, 2.05) is 11.8 Å². The summed E-state index contributed by atoms with van der Waals surface area (Å²) in [7, 11) is 1.73. The summed E-state index contributed by atoms with van der Waals surface area (Å²) in [4.78, 5) is 2.04. The van der Waals surface area contributed by atoms with E-state index >= 15 is 0 Å². The fourth-order valence-electron chi connectivity index (χ4n) is 1.23. The van der Waals surface area contributed by atoms with Crippen LogP contribution >= 0.6 is 0 Å². The fraction of sp³-hybridized carbons (Fsp3) is 0.857. The Hall–Kier alpha value is -0.570. The first-order chi connectivity index (χ1) is 4.74. The van der Waals surface area contributed by atoms with Crippen LogP contribution in [0.5, 0.6) is 0 Å². The molecule has 0 radical (unpaired) electrons. The van der Waals surface area contributed by atoms with E-state index in [0.29, 0.717) is 11.9 Å². The van der Waals surface area contributed by atoms with E-state index in [2.05, 4.69) is 0 Å². The van der Waals surface area contributed by atoms with Crippen molar-refractivity contribution in [3.8, 4) is 0 Å². The molecule has 1 aliphatic rings. The Morgan fingerprint density at radius 3 is 2.70 bits per heavy atom. The molecule has 0 aromatic carbocycles. The summed E-state index contributed by atoms with van der Waals surface area (Å²) in [6.45, 7) is 3.69.